The van der Waals surface area contributed by atoms with Crippen molar-refractivity contribution in [3.05, 3.63) is 96.1 Å². The predicted octanol–water partition coefficient (Wildman–Crippen LogP) is 5.93. The number of hydrogen-bond donors (Lipinski definition) is 1. The number of aliphatic hydroxyl groups is 1. The van der Waals surface area contributed by atoms with Crippen molar-refractivity contribution in [2.45, 2.75) is 37.3 Å². The summed E-state index contributed by atoms with van der Waals surface area (Å²) in [4.78, 5) is 5.17. The van der Waals surface area contributed by atoms with Gasteiger partial charge in [0.15, 0.2) is 0 Å². The molecule has 0 saturated carbocycles. The average Bonchev–Trinajstić information content (AvgIpc) is 3.14. The van der Waals surface area contributed by atoms with Gasteiger partial charge in [-0.25, -0.2) is 0 Å². The van der Waals surface area contributed by atoms with Crippen molar-refractivity contribution in [2.24, 2.45) is 0 Å². The summed E-state index contributed by atoms with van der Waals surface area (Å²) < 4.78 is 0. The number of benzene rings is 3. The minimum absolute atomic E-state index is 0. The van der Waals surface area contributed by atoms with E-state index >= 15 is 0 Å². The van der Waals surface area contributed by atoms with Gasteiger partial charge in [0.1, 0.15) is 0 Å². The first-order valence-electron chi connectivity index (χ1n) is 11.2. The molecule has 2 heterocycles. The molecule has 3 nitrogen and oxygen atoms in total. The van der Waals surface area contributed by atoms with Crippen LogP contribution in [0, 0.1) is 0 Å². The van der Waals surface area contributed by atoms with Crippen molar-refractivity contribution in [2.75, 3.05) is 24.5 Å². The fourth-order valence-electron chi connectivity index (χ4n) is 5.29. The molecule has 3 atom stereocenters. The summed E-state index contributed by atoms with van der Waals surface area (Å²) in [5, 5.41) is 10.5. The lowest BCUT2D eigenvalue weighted by Gasteiger charge is -2.39. The van der Waals surface area contributed by atoms with E-state index in [0.29, 0.717) is 12.0 Å². The highest BCUT2D eigenvalue weighted by Crippen LogP contribution is 2.48. The van der Waals surface area contributed by atoms with Crippen molar-refractivity contribution in [1.29, 1.82) is 0 Å². The number of hydrogen-bond acceptors (Lipinski definition) is 3. The first-order valence-corrected chi connectivity index (χ1v) is 11.2. The van der Waals surface area contributed by atoms with Gasteiger partial charge in [-0.3, -0.25) is 0 Å². The second kappa shape index (κ2) is 9.86. The van der Waals surface area contributed by atoms with E-state index in [4.69, 9.17) is 0 Å². The highest BCUT2D eigenvalue weighted by molar-refractivity contribution is 5.85. The van der Waals surface area contributed by atoms with Crippen molar-refractivity contribution in [1.82, 2.24) is 4.90 Å². The molecule has 3 aromatic rings. The normalized spacial score (nSPS) is 21.1. The number of piperidine rings is 1. The molecule has 0 amide bonds. The van der Waals surface area contributed by atoms with Crippen molar-refractivity contribution >= 4 is 23.8 Å². The molecule has 162 valence electrons. The Labute approximate surface area is 191 Å². The first kappa shape index (κ1) is 21.9. The monoisotopic (exact) mass is 434 g/mol. The molecule has 31 heavy (non-hydrogen) atoms. The van der Waals surface area contributed by atoms with E-state index in [-0.39, 0.29) is 18.5 Å². The molecule has 0 spiro atoms. The lowest BCUT2D eigenvalue weighted by atomic mass is 9.89. The fraction of sp³-hybridized carbons (Fsp3) is 0.333. The Morgan fingerprint density at radius 2 is 1.55 bits per heavy atom. The Morgan fingerprint density at radius 3 is 2.32 bits per heavy atom. The number of halogens is 1. The van der Waals surface area contributed by atoms with Gasteiger partial charge >= 0.3 is 0 Å². The van der Waals surface area contributed by atoms with Crippen molar-refractivity contribution in [3.8, 4) is 0 Å². The third-order valence-corrected chi connectivity index (χ3v) is 6.76. The number of para-hydroxylation sites is 2. The Morgan fingerprint density at radius 1 is 0.871 bits per heavy atom. The van der Waals surface area contributed by atoms with Gasteiger partial charge < -0.3 is 14.9 Å². The van der Waals surface area contributed by atoms with Crippen LogP contribution in [0.1, 0.15) is 42.4 Å². The molecule has 1 saturated heterocycles. The van der Waals surface area contributed by atoms with Gasteiger partial charge in [-0.2, -0.15) is 0 Å². The second-order valence-corrected chi connectivity index (χ2v) is 8.60. The van der Waals surface area contributed by atoms with Crippen LogP contribution in [0.15, 0.2) is 84.9 Å². The summed E-state index contributed by atoms with van der Waals surface area (Å²) in [5.41, 5.74) is 5.19. The molecule has 4 heteroatoms. The smallest absolute Gasteiger partial charge is 0.0790 e. The zero-order valence-corrected chi connectivity index (χ0v) is 18.6. The molecule has 5 rings (SSSR count). The molecule has 1 unspecified atom stereocenters. The Hall–Kier alpha value is -2.33. The van der Waals surface area contributed by atoms with Crippen LogP contribution in [0.2, 0.25) is 0 Å². The number of likely N-dealkylation sites (tertiary alicyclic amines) is 1. The fourth-order valence-corrected chi connectivity index (χ4v) is 5.29. The van der Waals surface area contributed by atoms with Crippen molar-refractivity contribution < 1.29 is 5.11 Å². The summed E-state index contributed by atoms with van der Waals surface area (Å²) in [7, 11) is 0. The average molecular weight is 435 g/mol. The number of fused-ring (bicyclic) bond motifs is 3. The molecule has 0 radical (unpaired) electrons. The van der Waals surface area contributed by atoms with Gasteiger partial charge in [0, 0.05) is 36.4 Å². The van der Waals surface area contributed by atoms with Gasteiger partial charge in [0.25, 0.3) is 0 Å². The first-order chi connectivity index (χ1) is 14.8. The summed E-state index contributed by atoms with van der Waals surface area (Å²) >= 11 is 0. The van der Waals surface area contributed by atoms with E-state index in [1.165, 1.54) is 23.4 Å². The zero-order valence-electron chi connectivity index (χ0n) is 17.8. The lowest BCUT2D eigenvalue weighted by Crippen LogP contribution is -2.45. The number of aliphatic hydroxyl groups excluding tert-OH is 1. The summed E-state index contributed by atoms with van der Waals surface area (Å²) in [6.07, 6.45) is 2.67. The van der Waals surface area contributed by atoms with E-state index in [1.54, 1.807) is 0 Å². The topological polar surface area (TPSA) is 26.7 Å². The van der Waals surface area contributed by atoms with Crippen LogP contribution in [-0.4, -0.2) is 35.7 Å². The van der Waals surface area contributed by atoms with E-state index < -0.39 is 0 Å². The molecule has 2 aliphatic rings. The van der Waals surface area contributed by atoms with Crippen LogP contribution >= 0.6 is 12.4 Å². The van der Waals surface area contributed by atoms with E-state index in [2.05, 4.69) is 64.4 Å². The minimum atomic E-state index is -0.357. The van der Waals surface area contributed by atoms with Crippen LogP contribution in [0.25, 0.3) is 0 Å². The number of anilines is 2. The summed E-state index contributed by atoms with van der Waals surface area (Å²) in [5.74, 6) is 0.550. The molecule has 0 aliphatic carbocycles. The van der Waals surface area contributed by atoms with E-state index in [0.717, 1.165) is 38.0 Å². The van der Waals surface area contributed by atoms with E-state index in [1.807, 2.05) is 30.3 Å². The van der Waals surface area contributed by atoms with Gasteiger partial charge in [0.2, 0.25) is 0 Å². The standard InChI is InChI=1S/C27H30N2O.ClH/c30-27(21-10-3-1-4-11-21)16-9-18-28-19-17-26-24(20-28)23-14-7-8-15-25(23)29(26)22-12-5-2-6-13-22;/h1-8,10-15,24,26-27,30H,9,16-20H2;1H/t24-,26+,27?;/m0./s1. The quantitative estimate of drug-likeness (QED) is 0.520. The molecule has 1 N–H and O–H groups in total. The Balaban J connectivity index is 0.00000231. The van der Waals surface area contributed by atoms with Gasteiger partial charge in [0.05, 0.1) is 6.10 Å². The van der Waals surface area contributed by atoms with Crippen LogP contribution in [-0.2, 0) is 0 Å². The summed E-state index contributed by atoms with van der Waals surface area (Å²) in [6.45, 7) is 3.28. The Kier molecular flexibility index (Phi) is 6.96. The second-order valence-electron chi connectivity index (χ2n) is 8.60. The van der Waals surface area contributed by atoms with Crippen LogP contribution in [0.3, 0.4) is 0 Å². The van der Waals surface area contributed by atoms with Crippen LogP contribution in [0.5, 0.6) is 0 Å². The predicted molar refractivity (Wildman–Crippen MR) is 130 cm³/mol. The summed E-state index contributed by atoms with van der Waals surface area (Å²) in [6, 6.07) is 30.3. The molecule has 1 fully saturated rings. The highest BCUT2D eigenvalue weighted by atomic mass is 35.5. The van der Waals surface area contributed by atoms with Gasteiger partial charge in [-0.15, -0.1) is 12.4 Å². The largest absolute Gasteiger partial charge is 0.388 e. The maximum Gasteiger partial charge on any atom is 0.0790 e. The third-order valence-electron chi connectivity index (χ3n) is 6.76. The number of rotatable bonds is 6. The molecule has 0 aromatic heterocycles. The molecule has 3 aromatic carbocycles. The SMILES string of the molecule is Cl.OC(CCCN1CC[C@@H]2[C@@H](C1)c1ccccc1N2c1ccccc1)c1ccccc1. The number of nitrogens with zero attached hydrogens (tertiary/aromatic N) is 2. The van der Waals surface area contributed by atoms with Crippen molar-refractivity contribution in [3.63, 3.8) is 0 Å². The molecule has 2 aliphatic heterocycles. The van der Waals surface area contributed by atoms with Crippen LogP contribution in [0.4, 0.5) is 11.4 Å². The molecular formula is C27H31ClN2O. The Bertz CT molecular complexity index is 963. The van der Waals surface area contributed by atoms with Crippen LogP contribution < -0.4 is 4.90 Å². The van der Waals surface area contributed by atoms with Gasteiger partial charge in [-0.1, -0.05) is 66.7 Å². The minimum Gasteiger partial charge on any atom is -0.388 e. The zero-order chi connectivity index (χ0) is 20.3. The molecule has 0 bridgehead atoms. The highest BCUT2D eigenvalue weighted by Gasteiger charge is 2.42. The van der Waals surface area contributed by atoms with Gasteiger partial charge in [-0.05, 0) is 55.1 Å². The maximum atomic E-state index is 10.5. The lowest BCUT2D eigenvalue weighted by molar-refractivity contribution is 0.145. The third kappa shape index (κ3) is 4.50. The molecular weight excluding hydrogens is 404 g/mol. The maximum absolute atomic E-state index is 10.5. The van der Waals surface area contributed by atoms with E-state index in [9.17, 15) is 5.11 Å².